The molecular weight excluding hydrogens is 314 g/mol. The van der Waals surface area contributed by atoms with Gasteiger partial charge in [-0.1, -0.05) is 6.42 Å². The molecule has 0 unspecified atom stereocenters. The SMILES string of the molecule is CSCCCCCNc1ccc(C(=O)O)cc1Br. The number of rotatable bonds is 8. The van der Waals surface area contributed by atoms with Crippen LogP contribution in [0.3, 0.4) is 0 Å². The van der Waals surface area contributed by atoms with Gasteiger partial charge in [-0.05, 0) is 59.0 Å². The van der Waals surface area contributed by atoms with E-state index in [1.807, 2.05) is 11.8 Å². The molecule has 0 aromatic heterocycles. The van der Waals surface area contributed by atoms with Crippen molar-refractivity contribution in [3.8, 4) is 0 Å². The Kier molecular flexibility index (Phi) is 7.20. The number of carbonyl (C=O) groups is 1. The molecule has 1 rings (SSSR count). The van der Waals surface area contributed by atoms with Gasteiger partial charge < -0.3 is 10.4 Å². The number of anilines is 1. The zero-order chi connectivity index (χ0) is 13.4. The molecule has 3 nitrogen and oxygen atoms in total. The van der Waals surface area contributed by atoms with Crippen molar-refractivity contribution in [1.82, 2.24) is 0 Å². The van der Waals surface area contributed by atoms with Crippen molar-refractivity contribution in [1.29, 1.82) is 0 Å². The first-order valence-electron chi connectivity index (χ1n) is 5.91. The van der Waals surface area contributed by atoms with Gasteiger partial charge in [0.1, 0.15) is 0 Å². The molecule has 0 saturated heterocycles. The largest absolute Gasteiger partial charge is 0.478 e. The summed E-state index contributed by atoms with van der Waals surface area (Å²) in [6, 6.07) is 5.04. The van der Waals surface area contributed by atoms with E-state index in [1.165, 1.54) is 18.6 Å². The number of hydrogen-bond acceptors (Lipinski definition) is 3. The molecule has 1 aromatic rings. The van der Waals surface area contributed by atoms with Gasteiger partial charge in [-0.2, -0.15) is 11.8 Å². The molecule has 0 amide bonds. The van der Waals surface area contributed by atoms with E-state index in [4.69, 9.17) is 5.11 Å². The highest BCUT2D eigenvalue weighted by Gasteiger charge is 2.05. The third kappa shape index (κ3) is 5.31. The summed E-state index contributed by atoms with van der Waals surface area (Å²) in [4.78, 5) is 10.8. The minimum atomic E-state index is -0.903. The van der Waals surface area contributed by atoms with E-state index in [1.54, 1.807) is 18.2 Å². The summed E-state index contributed by atoms with van der Waals surface area (Å²) in [5, 5.41) is 12.2. The average molecular weight is 332 g/mol. The van der Waals surface area contributed by atoms with Crippen molar-refractivity contribution in [2.45, 2.75) is 19.3 Å². The minimum absolute atomic E-state index is 0.299. The molecule has 1 aromatic carbocycles. The van der Waals surface area contributed by atoms with Gasteiger partial charge in [-0.15, -0.1) is 0 Å². The fourth-order valence-electron chi connectivity index (χ4n) is 1.56. The maximum atomic E-state index is 10.8. The predicted molar refractivity (Wildman–Crippen MR) is 81.8 cm³/mol. The number of hydrogen-bond donors (Lipinski definition) is 2. The standard InChI is InChI=1S/C13H18BrNO2S/c1-18-8-4-2-3-7-15-12-6-5-10(13(16)17)9-11(12)14/h5-6,9,15H,2-4,7-8H2,1H3,(H,16,17). The molecule has 0 aliphatic heterocycles. The van der Waals surface area contributed by atoms with Crippen molar-refractivity contribution in [3.05, 3.63) is 28.2 Å². The summed E-state index contributed by atoms with van der Waals surface area (Å²) in [5.41, 5.74) is 1.25. The molecule has 0 saturated carbocycles. The van der Waals surface area contributed by atoms with Gasteiger partial charge in [0.05, 0.1) is 5.56 Å². The van der Waals surface area contributed by atoms with Crippen LogP contribution in [0.4, 0.5) is 5.69 Å². The quantitative estimate of drug-likeness (QED) is 0.704. The van der Waals surface area contributed by atoms with E-state index in [0.29, 0.717) is 5.56 Å². The molecular formula is C13H18BrNO2S. The van der Waals surface area contributed by atoms with Crippen LogP contribution in [0.15, 0.2) is 22.7 Å². The Hall–Kier alpha value is -0.680. The Morgan fingerprint density at radius 3 is 2.78 bits per heavy atom. The van der Waals surface area contributed by atoms with Crippen molar-refractivity contribution >= 4 is 39.3 Å². The average Bonchev–Trinajstić information content (AvgIpc) is 2.35. The number of unbranched alkanes of at least 4 members (excludes halogenated alkanes) is 2. The lowest BCUT2D eigenvalue weighted by molar-refractivity contribution is 0.0697. The van der Waals surface area contributed by atoms with Crippen LogP contribution < -0.4 is 5.32 Å². The summed E-state index contributed by atoms with van der Waals surface area (Å²) in [6.07, 6.45) is 5.73. The fourth-order valence-corrected chi connectivity index (χ4v) is 2.57. The van der Waals surface area contributed by atoms with E-state index >= 15 is 0 Å². The first kappa shape index (κ1) is 15.4. The van der Waals surface area contributed by atoms with Gasteiger partial charge in [0.25, 0.3) is 0 Å². The second-order valence-corrected chi connectivity index (χ2v) is 5.82. The van der Waals surface area contributed by atoms with E-state index in [9.17, 15) is 4.79 Å². The zero-order valence-corrected chi connectivity index (χ0v) is 12.8. The molecule has 2 N–H and O–H groups in total. The van der Waals surface area contributed by atoms with Crippen LogP contribution in [-0.4, -0.2) is 29.6 Å². The number of benzene rings is 1. The van der Waals surface area contributed by atoms with Crippen LogP contribution in [0.2, 0.25) is 0 Å². The van der Waals surface area contributed by atoms with Crippen molar-refractivity contribution in [3.63, 3.8) is 0 Å². The molecule has 0 bridgehead atoms. The number of nitrogens with one attached hydrogen (secondary N) is 1. The lowest BCUT2D eigenvalue weighted by Crippen LogP contribution is -2.03. The summed E-state index contributed by atoms with van der Waals surface area (Å²) < 4.78 is 0.798. The highest BCUT2D eigenvalue weighted by atomic mass is 79.9. The first-order chi connectivity index (χ1) is 8.65. The third-order valence-corrected chi connectivity index (χ3v) is 3.91. The van der Waals surface area contributed by atoms with Crippen LogP contribution in [0, 0.1) is 0 Å². The topological polar surface area (TPSA) is 49.3 Å². The predicted octanol–water partition coefficient (Wildman–Crippen LogP) is 4.09. The van der Waals surface area contributed by atoms with E-state index in [0.717, 1.165) is 23.1 Å². The number of carboxylic acids is 1. The van der Waals surface area contributed by atoms with Crippen LogP contribution in [0.25, 0.3) is 0 Å². The molecule has 18 heavy (non-hydrogen) atoms. The van der Waals surface area contributed by atoms with E-state index in [-0.39, 0.29) is 0 Å². The maximum Gasteiger partial charge on any atom is 0.335 e. The summed E-state index contributed by atoms with van der Waals surface area (Å²) in [5.74, 6) is 0.316. The Morgan fingerprint density at radius 2 is 2.17 bits per heavy atom. The molecule has 0 aliphatic rings. The normalized spacial score (nSPS) is 10.3. The molecule has 0 radical (unpaired) electrons. The Balaban J connectivity index is 2.36. The molecule has 0 aliphatic carbocycles. The lowest BCUT2D eigenvalue weighted by atomic mass is 10.2. The smallest absolute Gasteiger partial charge is 0.335 e. The van der Waals surface area contributed by atoms with Crippen molar-refractivity contribution < 1.29 is 9.90 Å². The molecule has 5 heteroatoms. The third-order valence-electron chi connectivity index (χ3n) is 2.56. The van der Waals surface area contributed by atoms with Crippen molar-refractivity contribution in [2.75, 3.05) is 23.9 Å². The second-order valence-electron chi connectivity index (χ2n) is 3.98. The Bertz CT molecular complexity index is 399. The van der Waals surface area contributed by atoms with E-state index in [2.05, 4.69) is 27.5 Å². The molecule has 0 heterocycles. The van der Waals surface area contributed by atoms with Gasteiger partial charge in [0, 0.05) is 16.7 Å². The fraction of sp³-hybridized carbons (Fsp3) is 0.462. The van der Waals surface area contributed by atoms with E-state index < -0.39 is 5.97 Å². The number of carboxylic acid groups (broad SMARTS) is 1. The van der Waals surface area contributed by atoms with Crippen LogP contribution in [0.5, 0.6) is 0 Å². The summed E-state index contributed by atoms with van der Waals surface area (Å²) in [7, 11) is 0. The maximum absolute atomic E-state index is 10.8. The number of halogens is 1. The lowest BCUT2D eigenvalue weighted by Gasteiger charge is -2.09. The van der Waals surface area contributed by atoms with Gasteiger partial charge in [0.2, 0.25) is 0 Å². The number of thioether (sulfide) groups is 1. The van der Waals surface area contributed by atoms with Gasteiger partial charge >= 0.3 is 5.97 Å². The molecule has 100 valence electrons. The Morgan fingerprint density at radius 1 is 1.39 bits per heavy atom. The monoisotopic (exact) mass is 331 g/mol. The van der Waals surface area contributed by atoms with Gasteiger partial charge in [0.15, 0.2) is 0 Å². The zero-order valence-electron chi connectivity index (χ0n) is 10.4. The number of aromatic carboxylic acids is 1. The van der Waals surface area contributed by atoms with Gasteiger partial charge in [-0.3, -0.25) is 0 Å². The van der Waals surface area contributed by atoms with Crippen molar-refractivity contribution in [2.24, 2.45) is 0 Å². The molecule has 0 fully saturated rings. The van der Waals surface area contributed by atoms with Gasteiger partial charge in [-0.25, -0.2) is 4.79 Å². The highest BCUT2D eigenvalue weighted by molar-refractivity contribution is 9.10. The summed E-state index contributed by atoms with van der Waals surface area (Å²) >= 11 is 5.26. The molecule has 0 atom stereocenters. The van der Waals surface area contributed by atoms with Crippen LogP contribution in [-0.2, 0) is 0 Å². The Labute approximate surface area is 120 Å². The second kappa shape index (κ2) is 8.43. The molecule has 0 spiro atoms. The first-order valence-corrected chi connectivity index (χ1v) is 8.09. The minimum Gasteiger partial charge on any atom is -0.478 e. The highest BCUT2D eigenvalue weighted by Crippen LogP contribution is 2.23. The van der Waals surface area contributed by atoms with Crippen LogP contribution in [0.1, 0.15) is 29.6 Å². The van der Waals surface area contributed by atoms with Crippen LogP contribution >= 0.6 is 27.7 Å². The summed E-state index contributed by atoms with van der Waals surface area (Å²) in [6.45, 7) is 0.916.